The van der Waals surface area contributed by atoms with E-state index < -0.39 is 0 Å². The maximum Gasteiger partial charge on any atom is 0.203 e. The van der Waals surface area contributed by atoms with E-state index in [-0.39, 0.29) is 6.04 Å². The Bertz CT molecular complexity index is 568. The predicted molar refractivity (Wildman–Crippen MR) is 85.0 cm³/mol. The maximum absolute atomic E-state index is 5.22. The van der Waals surface area contributed by atoms with E-state index in [1.165, 1.54) is 5.56 Å². The lowest BCUT2D eigenvalue weighted by Crippen LogP contribution is -2.14. The molecular weight excluding hydrogens is 318 g/mol. The van der Waals surface area contributed by atoms with Gasteiger partial charge in [-0.3, -0.25) is 0 Å². The third-order valence-electron chi connectivity index (χ3n) is 3.13. The average molecular weight is 338 g/mol. The minimum absolute atomic E-state index is 0.253. The lowest BCUT2D eigenvalue weighted by molar-refractivity contribution is 0.163. The smallest absolute Gasteiger partial charge is 0.203 e. The Labute approximate surface area is 128 Å². The van der Waals surface area contributed by atoms with Crippen molar-refractivity contribution < 1.29 is 4.74 Å². The number of aromatic nitrogens is 2. The molecule has 0 radical (unpaired) electrons. The van der Waals surface area contributed by atoms with Gasteiger partial charge in [0.25, 0.3) is 0 Å². The van der Waals surface area contributed by atoms with E-state index in [0.29, 0.717) is 6.61 Å². The number of nitrogens with one attached hydrogen (secondary N) is 1. The monoisotopic (exact) mass is 337 g/mol. The summed E-state index contributed by atoms with van der Waals surface area (Å²) in [5.41, 5.74) is 2.21. The molecule has 0 amide bonds. The number of rotatable bonds is 6. The molecule has 0 saturated carbocycles. The summed E-state index contributed by atoms with van der Waals surface area (Å²) in [4.78, 5) is 4.54. The third-order valence-corrected chi connectivity index (χ3v) is 3.90. The third kappa shape index (κ3) is 3.61. The molecule has 20 heavy (non-hydrogen) atoms. The first-order chi connectivity index (χ1) is 9.61. The van der Waals surface area contributed by atoms with Crippen LogP contribution in [-0.2, 0) is 11.3 Å². The summed E-state index contributed by atoms with van der Waals surface area (Å²) in [6.45, 7) is 5.52. The van der Waals surface area contributed by atoms with Crippen LogP contribution in [0.25, 0.3) is 0 Å². The molecule has 1 N–H and O–H groups in total. The van der Waals surface area contributed by atoms with E-state index in [4.69, 9.17) is 4.74 Å². The first kappa shape index (κ1) is 15.1. The molecule has 1 unspecified atom stereocenters. The predicted octanol–water partition coefficient (Wildman–Crippen LogP) is 3.77. The van der Waals surface area contributed by atoms with Crippen LogP contribution in [0, 0.1) is 6.92 Å². The summed E-state index contributed by atoms with van der Waals surface area (Å²) in [5.74, 6) is 0.878. The van der Waals surface area contributed by atoms with Gasteiger partial charge in [0.05, 0.1) is 18.3 Å². The SMILES string of the molecule is COCC(C)n1cc(C)nc1NCc1ccccc1Br. The molecule has 5 heteroatoms. The summed E-state index contributed by atoms with van der Waals surface area (Å²) in [6.07, 6.45) is 2.05. The zero-order valence-electron chi connectivity index (χ0n) is 12.1. The van der Waals surface area contributed by atoms with E-state index in [9.17, 15) is 0 Å². The van der Waals surface area contributed by atoms with Gasteiger partial charge in [0.2, 0.25) is 5.95 Å². The van der Waals surface area contributed by atoms with Gasteiger partial charge in [-0.25, -0.2) is 4.98 Å². The van der Waals surface area contributed by atoms with Crippen LogP contribution in [0.4, 0.5) is 5.95 Å². The van der Waals surface area contributed by atoms with Crippen molar-refractivity contribution in [1.82, 2.24) is 9.55 Å². The number of methoxy groups -OCH3 is 1. The van der Waals surface area contributed by atoms with Gasteiger partial charge < -0.3 is 14.6 Å². The van der Waals surface area contributed by atoms with Crippen LogP contribution in [0.2, 0.25) is 0 Å². The number of imidazole rings is 1. The molecule has 0 aliphatic heterocycles. The van der Waals surface area contributed by atoms with Crippen molar-refractivity contribution in [3.63, 3.8) is 0 Å². The zero-order chi connectivity index (χ0) is 14.5. The largest absolute Gasteiger partial charge is 0.383 e. The molecule has 1 aromatic carbocycles. The molecule has 2 aromatic rings. The van der Waals surface area contributed by atoms with E-state index >= 15 is 0 Å². The van der Waals surface area contributed by atoms with Crippen LogP contribution in [0.5, 0.6) is 0 Å². The van der Waals surface area contributed by atoms with Crippen LogP contribution >= 0.6 is 15.9 Å². The highest BCUT2D eigenvalue weighted by molar-refractivity contribution is 9.10. The number of benzene rings is 1. The number of hydrogen-bond acceptors (Lipinski definition) is 3. The Balaban J connectivity index is 2.11. The molecule has 2 rings (SSSR count). The Morgan fingerprint density at radius 1 is 1.40 bits per heavy atom. The molecule has 1 aromatic heterocycles. The van der Waals surface area contributed by atoms with Gasteiger partial charge in [-0.15, -0.1) is 0 Å². The van der Waals surface area contributed by atoms with Crippen molar-refractivity contribution in [2.75, 3.05) is 19.0 Å². The quantitative estimate of drug-likeness (QED) is 0.871. The molecular formula is C15H20BrN3O. The Morgan fingerprint density at radius 3 is 2.85 bits per heavy atom. The highest BCUT2D eigenvalue weighted by atomic mass is 79.9. The van der Waals surface area contributed by atoms with Gasteiger partial charge in [0, 0.05) is 24.3 Å². The summed E-state index contributed by atoms with van der Waals surface area (Å²) in [5, 5.41) is 3.40. The molecule has 0 aliphatic carbocycles. The van der Waals surface area contributed by atoms with E-state index in [2.05, 4.69) is 43.8 Å². The minimum atomic E-state index is 0.253. The zero-order valence-corrected chi connectivity index (χ0v) is 13.6. The molecule has 0 spiro atoms. The Morgan fingerprint density at radius 2 is 2.15 bits per heavy atom. The fourth-order valence-corrected chi connectivity index (χ4v) is 2.55. The van der Waals surface area contributed by atoms with E-state index in [1.807, 2.05) is 31.3 Å². The molecule has 0 aliphatic rings. The number of anilines is 1. The van der Waals surface area contributed by atoms with Gasteiger partial charge in [0.15, 0.2) is 0 Å². The van der Waals surface area contributed by atoms with E-state index in [0.717, 1.165) is 22.7 Å². The number of ether oxygens (including phenoxy) is 1. The number of hydrogen-bond donors (Lipinski definition) is 1. The summed E-state index contributed by atoms with van der Waals surface area (Å²) in [6, 6.07) is 8.44. The molecule has 108 valence electrons. The van der Waals surface area contributed by atoms with Crippen molar-refractivity contribution in [3.05, 3.63) is 46.2 Å². The van der Waals surface area contributed by atoms with Crippen LogP contribution < -0.4 is 5.32 Å². The van der Waals surface area contributed by atoms with Gasteiger partial charge in [-0.2, -0.15) is 0 Å². The van der Waals surface area contributed by atoms with Crippen molar-refractivity contribution >= 4 is 21.9 Å². The first-order valence-electron chi connectivity index (χ1n) is 6.63. The normalized spacial score (nSPS) is 12.4. The Hall–Kier alpha value is -1.33. The van der Waals surface area contributed by atoms with Gasteiger partial charge in [-0.05, 0) is 25.5 Å². The molecule has 0 bridgehead atoms. The fourth-order valence-electron chi connectivity index (χ4n) is 2.12. The van der Waals surface area contributed by atoms with E-state index in [1.54, 1.807) is 7.11 Å². The number of halogens is 1. The second kappa shape index (κ2) is 6.90. The number of nitrogens with zero attached hydrogens (tertiary/aromatic N) is 2. The summed E-state index contributed by atoms with van der Waals surface area (Å²) < 4.78 is 8.44. The van der Waals surface area contributed by atoms with Gasteiger partial charge >= 0.3 is 0 Å². The second-order valence-electron chi connectivity index (χ2n) is 4.86. The topological polar surface area (TPSA) is 39.1 Å². The van der Waals surface area contributed by atoms with Crippen LogP contribution in [0.3, 0.4) is 0 Å². The first-order valence-corrected chi connectivity index (χ1v) is 7.42. The van der Waals surface area contributed by atoms with Crippen molar-refractivity contribution in [2.24, 2.45) is 0 Å². The molecule has 4 nitrogen and oxygen atoms in total. The second-order valence-corrected chi connectivity index (χ2v) is 5.72. The van der Waals surface area contributed by atoms with Crippen molar-refractivity contribution in [2.45, 2.75) is 26.4 Å². The standard InChI is InChI=1S/C15H20BrN3O/c1-11-9-19(12(2)10-20-3)15(18-11)17-8-13-6-4-5-7-14(13)16/h4-7,9,12H,8,10H2,1-3H3,(H,17,18). The molecule has 0 saturated heterocycles. The maximum atomic E-state index is 5.22. The highest BCUT2D eigenvalue weighted by Gasteiger charge is 2.11. The molecule has 1 atom stereocenters. The summed E-state index contributed by atoms with van der Waals surface area (Å²) >= 11 is 3.56. The number of aryl methyl sites for hydroxylation is 1. The minimum Gasteiger partial charge on any atom is -0.383 e. The lowest BCUT2D eigenvalue weighted by Gasteiger charge is -2.16. The Kier molecular flexibility index (Phi) is 5.20. The van der Waals surface area contributed by atoms with Crippen LogP contribution in [-0.4, -0.2) is 23.3 Å². The van der Waals surface area contributed by atoms with Crippen molar-refractivity contribution in [3.8, 4) is 0 Å². The van der Waals surface area contributed by atoms with Gasteiger partial charge in [-0.1, -0.05) is 34.1 Å². The van der Waals surface area contributed by atoms with Crippen molar-refractivity contribution in [1.29, 1.82) is 0 Å². The highest BCUT2D eigenvalue weighted by Crippen LogP contribution is 2.20. The summed E-state index contributed by atoms with van der Waals surface area (Å²) in [7, 11) is 1.72. The average Bonchev–Trinajstić information content (AvgIpc) is 2.79. The lowest BCUT2D eigenvalue weighted by atomic mass is 10.2. The molecule has 0 fully saturated rings. The fraction of sp³-hybridized carbons (Fsp3) is 0.400. The van der Waals surface area contributed by atoms with Crippen LogP contribution in [0.15, 0.2) is 34.9 Å². The van der Waals surface area contributed by atoms with Crippen LogP contribution in [0.1, 0.15) is 24.2 Å². The van der Waals surface area contributed by atoms with Gasteiger partial charge in [0.1, 0.15) is 0 Å². The molecule has 1 heterocycles.